The van der Waals surface area contributed by atoms with E-state index >= 15 is 0 Å². The van der Waals surface area contributed by atoms with Crippen molar-refractivity contribution in [1.29, 1.82) is 0 Å². The average Bonchev–Trinajstić information content (AvgIpc) is 4.09. The van der Waals surface area contributed by atoms with Gasteiger partial charge in [0.15, 0.2) is 5.78 Å². The molecule has 0 aromatic carbocycles. The van der Waals surface area contributed by atoms with Crippen molar-refractivity contribution in [3.8, 4) is 0 Å². The van der Waals surface area contributed by atoms with Crippen LogP contribution in [0.1, 0.15) is 129 Å². The Morgan fingerprint density at radius 3 is 1.59 bits per heavy atom. The maximum atomic E-state index is 13.4. The number of Topliss-reactive ketones (excluding diaryl/α,β-unsaturated/α-hetero) is 2. The summed E-state index contributed by atoms with van der Waals surface area (Å²) in [6.45, 7) is 5.05. The number of aromatic nitrogens is 4. The number of alkyl halides is 5. The minimum Gasteiger partial charge on any atom is -0.384 e. The highest BCUT2D eigenvalue weighted by atomic mass is 79.9. The number of ketones is 2. The first-order valence-corrected chi connectivity index (χ1v) is 24.8. The van der Waals surface area contributed by atoms with Crippen LogP contribution in [0.2, 0.25) is 0 Å². The van der Waals surface area contributed by atoms with Gasteiger partial charge in [-0.05, 0) is 198 Å². The van der Waals surface area contributed by atoms with Crippen molar-refractivity contribution in [1.82, 2.24) is 20.0 Å². The van der Waals surface area contributed by atoms with Gasteiger partial charge < -0.3 is 10.2 Å². The van der Waals surface area contributed by atoms with Crippen LogP contribution in [0.15, 0.2) is 36.9 Å². The summed E-state index contributed by atoms with van der Waals surface area (Å²) in [5, 5.41) is 31.6. The monoisotopic (exact) mass is 920 g/mol. The molecular formula is C48H69BrF4N4O4. The third-order valence-electron chi connectivity index (χ3n) is 19.1. The zero-order valence-electron chi connectivity index (χ0n) is 36.1. The molecule has 0 unspecified atom stereocenters. The van der Waals surface area contributed by atoms with E-state index in [9.17, 15) is 37.4 Å². The van der Waals surface area contributed by atoms with E-state index in [1.165, 1.54) is 0 Å². The highest BCUT2D eigenvalue weighted by molar-refractivity contribution is 9.09. The van der Waals surface area contributed by atoms with Crippen molar-refractivity contribution in [3.05, 3.63) is 36.9 Å². The molecule has 8 aliphatic carbocycles. The van der Waals surface area contributed by atoms with Crippen LogP contribution in [0.4, 0.5) is 17.6 Å². The lowest BCUT2D eigenvalue weighted by Gasteiger charge is -2.57. The number of nitrogens with one attached hydrogen (secondary N) is 1. The molecule has 10 rings (SSSR count). The van der Waals surface area contributed by atoms with Gasteiger partial charge in [0.25, 0.3) is 12.9 Å². The number of H-pyrrole nitrogens is 1. The SMILES string of the molecule is C[C@]12CC[C@H]3[C@@H](CC[C@@H]4C[C@@](O)(C(F)F)CC[C@@H]43)[C@@H]1CC[C@@H]2C(=O)CBr.C[C@]12CC[C@H]3[C@@H](CC[C@@H]4C[C@@](O)(C(F)F)CC[C@@H]43)[C@@H]1CC[C@@H]2C(=O)Cn1cccn1.c1cn[nH]c1. The number of hydrogen-bond donors (Lipinski definition) is 3. The molecule has 0 spiro atoms. The van der Waals surface area contributed by atoms with E-state index < -0.39 is 24.1 Å². The molecule has 340 valence electrons. The molecule has 2 heterocycles. The average molecular weight is 922 g/mol. The van der Waals surface area contributed by atoms with Crippen LogP contribution in [0.5, 0.6) is 0 Å². The molecular weight excluding hydrogens is 852 g/mol. The smallest absolute Gasteiger partial charge is 0.266 e. The second-order valence-corrected chi connectivity index (χ2v) is 22.1. The van der Waals surface area contributed by atoms with Crippen molar-refractivity contribution in [2.45, 2.75) is 160 Å². The number of aromatic amines is 1. The molecule has 16 atom stereocenters. The molecule has 2 aromatic heterocycles. The van der Waals surface area contributed by atoms with Gasteiger partial charge in [-0.2, -0.15) is 10.2 Å². The van der Waals surface area contributed by atoms with Gasteiger partial charge in [-0.3, -0.25) is 19.4 Å². The first kappa shape index (κ1) is 45.4. The Morgan fingerprint density at radius 2 is 1.18 bits per heavy atom. The summed E-state index contributed by atoms with van der Waals surface area (Å²) in [7, 11) is 0. The molecule has 0 bridgehead atoms. The van der Waals surface area contributed by atoms with E-state index in [2.05, 4.69) is 45.1 Å². The summed E-state index contributed by atoms with van der Waals surface area (Å²) < 4.78 is 55.1. The Morgan fingerprint density at radius 1 is 0.672 bits per heavy atom. The summed E-state index contributed by atoms with van der Waals surface area (Å²) in [5.74, 6) is 6.12. The lowest BCUT2D eigenvalue weighted by Crippen LogP contribution is -2.53. The Labute approximate surface area is 367 Å². The second-order valence-electron chi connectivity index (χ2n) is 21.6. The zero-order valence-corrected chi connectivity index (χ0v) is 37.7. The number of halogens is 5. The van der Waals surface area contributed by atoms with Crippen LogP contribution in [0.25, 0.3) is 0 Å². The fourth-order valence-corrected chi connectivity index (χ4v) is 16.6. The minimum atomic E-state index is -2.64. The molecule has 8 aliphatic rings. The summed E-state index contributed by atoms with van der Waals surface area (Å²) >= 11 is 3.37. The predicted molar refractivity (Wildman–Crippen MR) is 228 cm³/mol. The Bertz CT molecular complexity index is 1770. The molecule has 2 aromatic rings. The molecule has 8 fully saturated rings. The molecule has 3 N–H and O–H groups in total. The third-order valence-corrected chi connectivity index (χ3v) is 19.6. The van der Waals surface area contributed by atoms with Gasteiger partial charge in [0.1, 0.15) is 17.0 Å². The van der Waals surface area contributed by atoms with Crippen LogP contribution in [0, 0.1) is 81.8 Å². The van der Waals surface area contributed by atoms with E-state index in [-0.39, 0.29) is 60.2 Å². The minimum absolute atomic E-state index is 0.0661. The third kappa shape index (κ3) is 8.49. The Kier molecular flexibility index (Phi) is 13.4. The van der Waals surface area contributed by atoms with E-state index in [0.29, 0.717) is 70.8 Å². The van der Waals surface area contributed by atoms with Crippen molar-refractivity contribution in [3.63, 3.8) is 0 Å². The van der Waals surface area contributed by atoms with Crippen molar-refractivity contribution in [2.75, 3.05) is 5.33 Å². The van der Waals surface area contributed by atoms with Crippen molar-refractivity contribution >= 4 is 27.5 Å². The van der Waals surface area contributed by atoms with Gasteiger partial charge in [0.05, 0.1) is 11.9 Å². The highest BCUT2D eigenvalue weighted by Crippen LogP contribution is 2.66. The zero-order chi connectivity index (χ0) is 43.3. The van der Waals surface area contributed by atoms with Gasteiger partial charge in [-0.15, -0.1) is 0 Å². The molecule has 8 saturated carbocycles. The van der Waals surface area contributed by atoms with Crippen LogP contribution in [-0.4, -0.2) is 71.1 Å². The molecule has 0 amide bonds. The lowest BCUT2D eigenvalue weighted by molar-refractivity contribution is -0.160. The van der Waals surface area contributed by atoms with Crippen LogP contribution >= 0.6 is 15.9 Å². The summed E-state index contributed by atoms with van der Waals surface area (Å²) in [4.78, 5) is 25.6. The van der Waals surface area contributed by atoms with Gasteiger partial charge in [-0.1, -0.05) is 29.8 Å². The molecule has 0 radical (unpaired) electrons. The number of rotatable bonds is 7. The number of carbonyl (C=O) groups excluding carboxylic acids is 2. The maximum absolute atomic E-state index is 13.4. The molecule has 8 nitrogen and oxygen atoms in total. The van der Waals surface area contributed by atoms with Crippen LogP contribution in [-0.2, 0) is 16.1 Å². The summed E-state index contributed by atoms with van der Waals surface area (Å²) in [6.07, 6.45) is 17.1. The topological polar surface area (TPSA) is 121 Å². The van der Waals surface area contributed by atoms with Gasteiger partial charge in [0.2, 0.25) is 0 Å². The van der Waals surface area contributed by atoms with Crippen molar-refractivity contribution < 1.29 is 37.4 Å². The molecule has 0 aliphatic heterocycles. The van der Waals surface area contributed by atoms with E-state index in [0.717, 1.165) is 89.9 Å². The van der Waals surface area contributed by atoms with E-state index in [4.69, 9.17) is 0 Å². The molecule has 0 saturated heterocycles. The van der Waals surface area contributed by atoms with Crippen LogP contribution in [0.3, 0.4) is 0 Å². The van der Waals surface area contributed by atoms with Crippen LogP contribution < -0.4 is 0 Å². The Hall–Kier alpha value is -2.12. The maximum Gasteiger partial charge on any atom is 0.266 e. The summed E-state index contributed by atoms with van der Waals surface area (Å²) in [5.41, 5.74) is -3.32. The molecule has 13 heteroatoms. The fraction of sp³-hybridized carbons (Fsp3) is 0.833. The number of carbonyl (C=O) groups is 2. The number of aliphatic hydroxyl groups is 2. The predicted octanol–water partition coefficient (Wildman–Crippen LogP) is 10.3. The van der Waals surface area contributed by atoms with Gasteiger partial charge in [0, 0.05) is 36.6 Å². The number of nitrogens with zero attached hydrogens (tertiary/aromatic N) is 3. The van der Waals surface area contributed by atoms with Gasteiger partial charge in [-0.25, -0.2) is 17.6 Å². The van der Waals surface area contributed by atoms with E-state index in [1.807, 2.05) is 18.3 Å². The largest absolute Gasteiger partial charge is 0.384 e. The van der Waals surface area contributed by atoms with Crippen molar-refractivity contribution in [2.24, 2.45) is 81.8 Å². The number of hydrogen-bond acceptors (Lipinski definition) is 6. The van der Waals surface area contributed by atoms with E-state index in [1.54, 1.807) is 23.3 Å². The molecule has 61 heavy (non-hydrogen) atoms. The number of fused-ring (bicyclic) bond motifs is 10. The van der Waals surface area contributed by atoms with Gasteiger partial charge >= 0.3 is 0 Å². The first-order chi connectivity index (χ1) is 29.1. The Balaban J connectivity index is 0.000000152. The fourth-order valence-electron chi connectivity index (χ4n) is 16.2. The second kappa shape index (κ2) is 18.0. The highest BCUT2D eigenvalue weighted by Gasteiger charge is 2.61. The normalized spacial score (nSPS) is 44.8. The quantitative estimate of drug-likeness (QED) is 0.188. The first-order valence-electron chi connectivity index (χ1n) is 23.7. The summed E-state index contributed by atoms with van der Waals surface area (Å²) in [6, 6.07) is 3.69. The lowest BCUT2D eigenvalue weighted by atomic mass is 9.49. The standard InChI is InChI=1S/C24H34F2N2O2.C21H31BrF2O2.C3H4N2/c1-23-9-7-17-16-8-10-24(30,22(25)26)13-15(16)3-4-18(17)19(23)5-6-20(23)21(29)14-28-12-2-11-27-28;1-20-8-6-14-13-7-9-21(26,19(23)24)10-12(13)2-3-15(14)16(20)4-5-17(20)18(25)11-22;1-2-4-5-3-1/h2,11-12,15-20,22,30H,3-10,13-14H2,1H3;12-17,19,26H,2-11H2,1H3;1-3H,(H,4,5)/t15-,16+,17-,18-,19+,20-,23+,24-;12-,13+,14-,15-,16+,17-,20+,21-;/m11./s1.